The first-order valence-corrected chi connectivity index (χ1v) is 5.46. The molecule has 0 aromatic rings. The van der Waals surface area contributed by atoms with Gasteiger partial charge in [-0.15, -0.1) is 0 Å². The van der Waals surface area contributed by atoms with Crippen LogP contribution >= 0.6 is 0 Å². The Morgan fingerprint density at radius 2 is 1.93 bits per heavy atom. The molecule has 0 N–H and O–H groups in total. The van der Waals surface area contributed by atoms with Crippen LogP contribution in [0.25, 0.3) is 0 Å². The van der Waals surface area contributed by atoms with E-state index >= 15 is 0 Å². The Morgan fingerprint density at radius 3 is 2.43 bits per heavy atom. The average Bonchev–Trinajstić information content (AvgIpc) is 2.14. The highest BCUT2D eigenvalue weighted by molar-refractivity contribution is 5.81. The van der Waals surface area contributed by atoms with Crippen LogP contribution in [0.15, 0.2) is 0 Å². The molecule has 0 saturated heterocycles. The number of Topliss-reactive ketones (excluding diaryl/α,β-unsaturated/α-hetero) is 1. The summed E-state index contributed by atoms with van der Waals surface area (Å²) in [5, 5.41) is 0. The maximum absolute atomic E-state index is 12.8. The minimum atomic E-state index is -2.51. The van der Waals surface area contributed by atoms with Gasteiger partial charge >= 0.3 is 0 Å². The lowest BCUT2D eigenvalue weighted by molar-refractivity contribution is -0.127. The van der Waals surface area contributed by atoms with Crippen LogP contribution < -0.4 is 0 Å². The van der Waals surface area contributed by atoms with Gasteiger partial charge in [-0.1, -0.05) is 13.3 Å². The molecule has 0 unspecified atom stereocenters. The molecule has 1 aliphatic carbocycles. The smallest absolute Gasteiger partial charge is 0.248 e. The van der Waals surface area contributed by atoms with Crippen LogP contribution in [0, 0.1) is 5.92 Å². The molecule has 1 nitrogen and oxygen atoms in total. The third-order valence-corrected chi connectivity index (χ3v) is 2.95. The van der Waals surface area contributed by atoms with Gasteiger partial charge in [-0.2, -0.15) is 0 Å². The molecular weight excluding hydrogens is 186 g/mol. The summed E-state index contributed by atoms with van der Waals surface area (Å²) in [5.74, 6) is -2.40. The van der Waals surface area contributed by atoms with Crippen molar-refractivity contribution in [2.75, 3.05) is 0 Å². The third kappa shape index (κ3) is 3.35. The van der Waals surface area contributed by atoms with E-state index in [-0.39, 0.29) is 24.5 Å². The largest absolute Gasteiger partial charge is 0.299 e. The molecule has 0 spiro atoms. The Balaban J connectivity index is 2.30. The standard InChI is InChI=1S/C11H18F2O/c1-2-3-4-10(14)9-5-7-11(12,13)8-6-9/h9H,2-8H2,1H3. The Hall–Kier alpha value is -0.470. The molecular formula is C11H18F2O. The zero-order chi connectivity index (χ0) is 10.6. The molecule has 14 heavy (non-hydrogen) atoms. The van der Waals surface area contributed by atoms with Gasteiger partial charge in [0.05, 0.1) is 0 Å². The molecule has 0 radical (unpaired) electrons. The summed E-state index contributed by atoms with van der Waals surface area (Å²) in [4.78, 5) is 11.5. The number of halogens is 2. The van der Waals surface area contributed by atoms with Gasteiger partial charge in [0.1, 0.15) is 5.78 Å². The zero-order valence-corrected chi connectivity index (χ0v) is 8.69. The first-order chi connectivity index (χ1) is 6.55. The molecule has 0 heterocycles. The number of hydrogen-bond acceptors (Lipinski definition) is 1. The van der Waals surface area contributed by atoms with E-state index in [4.69, 9.17) is 0 Å². The second kappa shape index (κ2) is 4.85. The van der Waals surface area contributed by atoms with E-state index in [1.807, 2.05) is 6.92 Å². The molecule has 0 aliphatic heterocycles. The number of ketones is 1. The quantitative estimate of drug-likeness (QED) is 0.684. The maximum atomic E-state index is 12.8. The van der Waals surface area contributed by atoms with Crippen molar-refractivity contribution in [2.24, 2.45) is 5.92 Å². The minimum absolute atomic E-state index is 0.0822. The van der Waals surface area contributed by atoms with Crippen LogP contribution in [0.1, 0.15) is 51.9 Å². The van der Waals surface area contributed by atoms with Crippen molar-refractivity contribution >= 4 is 5.78 Å². The molecule has 1 aliphatic rings. The zero-order valence-electron chi connectivity index (χ0n) is 8.69. The lowest BCUT2D eigenvalue weighted by Crippen LogP contribution is -2.28. The molecule has 3 heteroatoms. The molecule has 0 bridgehead atoms. The summed E-state index contributed by atoms with van der Waals surface area (Å²) >= 11 is 0. The lowest BCUT2D eigenvalue weighted by Gasteiger charge is -2.27. The number of carbonyl (C=O) groups is 1. The molecule has 0 aromatic carbocycles. The van der Waals surface area contributed by atoms with Gasteiger partial charge in [0, 0.05) is 25.2 Å². The number of alkyl halides is 2. The highest BCUT2D eigenvalue weighted by Crippen LogP contribution is 2.36. The van der Waals surface area contributed by atoms with Gasteiger partial charge in [-0.05, 0) is 19.3 Å². The highest BCUT2D eigenvalue weighted by Gasteiger charge is 2.36. The van der Waals surface area contributed by atoms with Gasteiger partial charge in [0.15, 0.2) is 0 Å². The van der Waals surface area contributed by atoms with Crippen LogP contribution in [-0.4, -0.2) is 11.7 Å². The van der Waals surface area contributed by atoms with Crippen molar-refractivity contribution in [3.8, 4) is 0 Å². The molecule has 1 fully saturated rings. The number of unbranched alkanes of at least 4 members (excludes halogenated alkanes) is 1. The van der Waals surface area contributed by atoms with Crippen LogP contribution in [0.4, 0.5) is 8.78 Å². The predicted molar refractivity (Wildman–Crippen MR) is 51.4 cm³/mol. The van der Waals surface area contributed by atoms with E-state index in [0.717, 1.165) is 12.8 Å². The summed E-state index contributed by atoms with van der Waals surface area (Å²) in [6, 6.07) is 0. The first kappa shape index (κ1) is 11.6. The number of hydrogen-bond donors (Lipinski definition) is 0. The molecule has 0 aromatic heterocycles. The van der Waals surface area contributed by atoms with Crippen LogP contribution in [0.5, 0.6) is 0 Å². The topological polar surface area (TPSA) is 17.1 Å². The van der Waals surface area contributed by atoms with E-state index in [1.54, 1.807) is 0 Å². The van der Waals surface area contributed by atoms with Crippen molar-refractivity contribution in [1.82, 2.24) is 0 Å². The van der Waals surface area contributed by atoms with E-state index < -0.39 is 5.92 Å². The van der Waals surface area contributed by atoms with E-state index in [9.17, 15) is 13.6 Å². The van der Waals surface area contributed by atoms with Gasteiger partial charge < -0.3 is 0 Å². The second-order valence-electron chi connectivity index (χ2n) is 4.20. The number of carbonyl (C=O) groups excluding carboxylic acids is 1. The van der Waals surface area contributed by atoms with E-state index in [1.165, 1.54) is 0 Å². The van der Waals surface area contributed by atoms with Gasteiger partial charge in [-0.25, -0.2) is 8.78 Å². The first-order valence-electron chi connectivity index (χ1n) is 5.46. The second-order valence-corrected chi connectivity index (χ2v) is 4.20. The average molecular weight is 204 g/mol. The highest BCUT2D eigenvalue weighted by atomic mass is 19.3. The minimum Gasteiger partial charge on any atom is -0.299 e. The van der Waals surface area contributed by atoms with Crippen molar-refractivity contribution in [1.29, 1.82) is 0 Å². The SMILES string of the molecule is CCCCC(=O)C1CCC(F)(F)CC1. The van der Waals surface area contributed by atoms with Crippen LogP contribution in [0.2, 0.25) is 0 Å². The summed E-state index contributed by atoms with van der Waals surface area (Å²) in [6.45, 7) is 2.03. The third-order valence-electron chi connectivity index (χ3n) is 2.95. The summed E-state index contributed by atoms with van der Waals surface area (Å²) in [6.07, 6.45) is 3.03. The Kier molecular flexibility index (Phi) is 4.02. The summed E-state index contributed by atoms with van der Waals surface area (Å²) in [5.41, 5.74) is 0. The van der Waals surface area contributed by atoms with Crippen molar-refractivity contribution in [2.45, 2.75) is 57.8 Å². The monoisotopic (exact) mass is 204 g/mol. The van der Waals surface area contributed by atoms with Crippen molar-refractivity contribution in [3.05, 3.63) is 0 Å². The fraction of sp³-hybridized carbons (Fsp3) is 0.909. The van der Waals surface area contributed by atoms with Crippen LogP contribution in [-0.2, 0) is 4.79 Å². The fourth-order valence-corrected chi connectivity index (χ4v) is 1.92. The van der Waals surface area contributed by atoms with Crippen molar-refractivity contribution < 1.29 is 13.6 Å². The predicted octanol–water partition coefficient (Wildman–Crippen LogP) is 3.57. The fourth-order valence-electron chi connectivity index (χ4n) is 1.92. The van der Waals surface area contributed by atoms with Crippen molar-refractivity contribution in [3.63, 3.8) is 0 Å². The van der Waals surface area contributed by atoms with E-state index in [0.29, 0.717) is 19.3 Å². The van der Waals surface area contributed by atoms with Crippen LogP contribution in [0.3, 0.4) is 0 Å². The molecule has 0 amide bonds. The molecule has 1 rings (SSSR count). The maximum Gasteiger partial charge on any atom is 0.248 e. The normalized spacial score (nSPS) is 22.2. The van der Waals surface area contributed by atoms with Gasteiger partial charge in [0.2, 0.25) is 5.92 Å². The molecule has 0 atom stereocenters. The number of rotatable bonds is 4. The molecule has 82 valence electrons. The van der Waals surface area contributed by atoms with Gasteiger partial charge in [-0.3, -0.25) is 4.79 Å². The Bertz CT molecular complexity index is 191. The summed E-state index contributed by atoms with van der Waals surface area (Å²) < 4.78 is 25.6. The molecule has 1 saturated carbocycles. The lowest BCUT2D eigenvalue weighted by atomic mass is 9.83. The summed E-state index contributed by atoms with van der Waals surface area (Å²) in [7, 11) is 0. The van der Waals surface area contributed by atoms with Gasteiger partial charge in [0.25, 0.3) is 0 Å². The Labute approximate surface area is 83.9 Å². The Morgan fingerprint density at radius 1 is 1.36 bits per heavy atom. The van der Waals surface area contributed by atoms with E-state index in [2.05, 4.69) is 0 Å².